The van der Waals surface area contributed by atoms with Gasteiger partial charge in [-0.1, -0.05) is 34.9 Å². The Kier molecular flexibility index (Phi) is 3.01. The zero-order valence-corrected chi connectivity index (χ0v) is 12.0. The zero-order valence-electron chi connectivity index (χ0n) is 11.2. The van der Waals surface area contributed by atoms with Gasteiger partial charge in [-0.15, -0.1) is 5.10 Å². The average Bonchev–Trinajstić information content (AvgIpc) is 3.13. The van der Waals surface area contributed by atoms with Crippen LogP contribution in [0.1, 0.15) is 0 Å². The lowest BCUT2D eigenvalue weighted by molar-refractivity contribution is 0.583. The van der Waals surface area contributed by atoms with E-state index in [2.05, 4.69) is 25.5 Å². The van der Waals surface area contributed by atoms with E-state index in [1.54, 1.807) is 12.1 Å². The van der Waals surface area contributed by atoms with Crippen molar-refractivity contribution in [1.29, 1.82) is 0 Å². The molecule has 0 aliphatic rings. The van der Waals surface area contributed by atoms with Gasteiger partial charge in [0.25, 0.3) is 5.89 Å². The number of hydrogen-bond acceptors (Lipinski definition) is 5. The Bertz CT molecular complexity index is 913. The molecule has 0 spiro atoms. The summed E-state index contributed by atoms with van der Waals surface area (Å²) in [6, 6.07) is 15.2. The van der Waals surface area contributed by atoms with Crippen molar-refractivity contribution in [3.8, 4) is 11.7 Å². The maximum atomic E-state index is 5.94. The van der Waals surface area contributed by atoms with Crippen LogP contribution in [0, 0.1) is 0 Å². The van der Waals surface area contributed by atoms with E-state index in [-0.39, 0.29) is 6.01 Å². The summed E-state index contributed by atoms with van der Waals surface area (Å²) in [5.74, 6) is 0.855. The lowest BCUT2D eigenvalue weighted by Crippen LogP contribution is -1.89. The van der Waals surface area contributed by atoms with Gasteiger partial charge in [0.05, 0.1) is 11.0 Å². The molecule has 0 aliphatic heterocycles. The predicted molar refractivity (Wildman–Crippen MR) is 84.1 cm³/mol. The van der Waals surface area contributed by atoms with Crippen molar-refractivity contribution in [3.63, 3.8) is 0 Å². The number of H-pyrrole nitrogens is 1. The van der Waals surface area contributed by atoms with Gasteiger partial charge < -0.3 is 14.7 Å². The number of aromatic amines is 1. The number of para-hydroxylation sites is 2. The highest BCUT2D eigenvalue weighted by molar-refractivity contribution is 6.30. The first-order valence-electron chi connectivity index (χ1n) is 6.59. The van der Waals surface area contributed by atoms with E-state index >= 15 is 0 Å². The van der Waals surface area contributed by atoms with Gasteiger partial charge in [0.15, 0.2) is 5.82 Å². The van der Waals surface area contributed by atoms with Gasteiger partial charge in [-0.05, 0) is 30.3 Å². The molecular formula is C15H10ClN5O. The molecule has 0 bridgehead atoms. The molecule has 0 fully saturated rings. The number of benzene rings is 2. The third-order valence-electron chi connectivity index (χ3n) is 3.09. The quantitative estimate of drug-likeness (QED) is 0.597. The molecule has 2 heterocycles. The second-order valence-electron chi connectivity index (χ2n) is 4.65. The second-order valence-corrected chi connectivity index (χ2v) is 5.09. The molecule has 7 heteroatoms. The summed E-state index contributed by atoms with van der Waals surface area (Å²) in [4.78, 5) is 7.56. The van der Waals surface area contributed by atoms with Crippen molar-refractivity contribution in [2.45, 2.75) is 0 Å². The molecule has 6 nitrogen and oxygen atoms in total. The lowest BCUT2D eigenvalue weighted by atomic mass is 10.3. The molecule has 2 N–H and O–H groups in total. The summed E-state index contributed by atoms with van der Waals surface area (Å²) in [5.41, 5.74) is 2.53. The largest absolute Gasteiger partial charge is 0.400 e. The van der Waals surface area contributed by atoms with Gasteiger partial charge in [0.1, 0.15) is 0 Å². The Morgan fingerprint density at radius 2 is 1.95 bits per heavy atom. The molecule has 4 aromatic rings. The highest BCUT2D eigenvalue weighted by atomic mass is 35.5. The van der Waals surface area contributed by atoms with E-state index < -0.39 is 0 Å². The molecule has 2 aromatic carbocycles. The van der Waals surface area contributed by atoms with Crippen LogP contribution in [0.4, 0.5) is 11.7 Å². The smallest absolute Gasteiger partial charge is 0.320 e. The van der Waals surface area contributed by atoms with Crippen molar-refractivity contribution in [1.82, 2.24) is 20.2 Å². The minimum absolute atomic E-state index is 0.276. The van der Waals surface area contributed by atoms with E-state index in [1.165, 1.54) is 0 Å². The highest BCUT2D eigenvalue weighted by Gasteiger charge is 2.13. The fourth-order valence-corrected chi connectivity index (χ4v) is 2.30. The molecule has 22 heavy (non-hydrogen) atoms. The molecule has 0 saturated carbocycles. The number of hydrogen-bond donors (Lipinski definition) is 2. The van der Waals surface area contributed by atoms with Crippen LogP contribution in [-0.4, -0.2) is 20.2 Å². The summed E-state index contributed by atoms with van der Waals surface area (Å²) < 4.78 is 5.57. The van der Waals surface area contributed by atoms with Crippen LogP contribution in [0.15, 0.2) is 52.9 Å². The summed E-state index contributed by atoms with van der Waals surface area (Å²) in [6.07, 6.45) is 0. The number of nitrogens with one attached hydrogen (secondary N) is 2. The van der Waals surface area contributed by atoms with Crippen molar-refractivity contribution in [2.75, 3.05) is 5.32 Å². The third-order valence-corrected chi connectivity index (χ3v) is 3.33. The Hall–Kier alpha value is -2.86. The predicted octanol–water partition coefficient (Wildman–Crippen LogP) is 4.01. The number of fused-ring (bicyclic) bond motifs is 1. The van der Waals surface area contributed by atoms with Gasteiger partial charge in [-0.25, -0.2) is 4.98 Å². The summed E-state index contributed by atoms with van der Waals surface area (Å²) in [7, 11) is 0. The molecule has 108 valence electrons. The van der Waals surface area contributed by atoms with Crippen LogP contribution in [0.3, 0.4) is 0 Å². The monoisotopic (exact) mass is 311 g/mol. The van der Waals surface area contributed by atoms with E-state index in [9.17, 15) is 0 Å². The average molecular weight is 312 g/mol. The lowest BCUT2D eigenvalue weighted by Gasteiger charge is -2.00. The van der Waals surface area contributed by atoms with Gasteiger partial charge in [-0.2, -0.15) is 0 Å². The van der Waals surface area contributed by atoms with Gasteiger partial charge >= 0.3 is 6.01 Å². The topological polar surface area (TPSA) is 79.6 Å². The van der Waals surface area contributed by atoms with Crippen LogP contribution in [0.2, 0.25) is 5.02 Å². The van der Waals surface area contributed by atoms with Crippen molar-refractivity contribution in [2.24, 2.45) is 0 Å². The number of halogens is 1. The first-order chi connectivity index (χ1) is 10.8. The number of aromatic nitrogens is 4. The van der Waals surface area contributed by atoms with Crippen LogP contribution in [0.5, 0.6) is 0 Å². The van der Waals surface area contributed by atoms with Crippen LogP contribution >= 0.6 is 11.6 Å². The molecule has 2 aromatic heterocycles. The zero-order chi connectivity index (χ0) is 14.9. The van der Waals surface area contributed by atoms with E-state index in [0.717, 1.165) is 16.7 Å². The number of imidazole rings is 1. The van der Waals surface area contributed by atoms with Crippen molar-refractivity contribution < 1.29 is 4.42 Å². The van der Waals surface area contributed by atoms with Gasteiger partial charge in [0, 0.05) is 10.7 Å². The van der Waals surface area contributed by atoms with Crippen LogP contribution < -0.4 is 5.32 Å². The summed E-state index contributed by atoms with van der Waals surface area (Å²) in [6.45, 7) is 0. The Morgan fingerprint density at radius 1 is 1.05 bits per heavy atom. The van der Waals surface area contributed by atoms with Crippen LogP contribution in [-0.2, 0) is 0 Å². The molecule has 4 rings (SSSR count). The molecule has 0 atom stereocenters. The maximum Gasteiger partial charge on any atom is 0.320 e. The molecule has 0 amide bonds. The standard InChI is InChI=1S/C15H10ClN5O/c16-9-4-3-5-10(8-9)17-15-21-20-14(22-15)13-18-11-6-1-2-7-12(11)19-13/h1-8H,(H,17,21)(H,18,19). The molecule has 0 saturated heterocycles. The fourth-order valence-electron chi connectivity index (χ4n) is 2.11. The number of rotatable bonds is 3. The first-order valence-corrected chi connectivity index (χ1v) is 6.97. The number of nitrogens with zero attached hydrogens (tertiary/aromatic N) is 3. The normalized spacial score (nSPS) is 11.0. The Labute approximate surface area is 130 Å². The highest BCUT2D eigenvalue weighted by Crippen LogP contribution is 2.23. The SMILES string of the molecule is Clc1cccc(Nc2nnc(-c3nc4ccccc4[nH]3)o2)c1. The maximum absolute atomic E-state index is 5.94. The summed E-state index contributed by atoms with van der Waals surface area (Å²) in [5, 5.41) is 11.6. The van der Waals surface area contributed by atoms with Gasteiger partial charge in [-0.3, -0.25) is 0 Å². The minimum atomic E-state index is 0.276. The third kappa shape index (κ3) is 2.40. The summed E-state index contributed by atoms with van der Waals surface area (Å²) >= 11 is 5.94. The van der Waals surface area contributed by atoms with E-state index in [0.29, 0.717) is 16.7 Å². The van der Waals surface area contributed by atoms with E-state index in [4.69, 9.17) is 16.0 Å². The second kappa shape index (κ2) is 5.16. The van der Waals surface area contributed by atoms with Gasteiger partial charge in [0.2, 0.25) is 0 Å². The van der Waals surface area contributed by atoms with Crippen LogP contribution in [0.25, 0.3) is 22.7 Å². The Morgan fingerprint density at radius 3 is 2.82 bits per heavy atom. The molecule has 0 aliphatic carbocycles. The molecule has 0 unspecified atom stereocenters. The minimum Gasteiger partial charge on any atom is -0.400 e. The number of anilines is 2. The molecule has 0 radical (unpaired) electrons. The Balaban J connectivity index is 1.63. The van der Waals surface area contributed by atoms with Crippen molar-refractivity contribution in [3.05, 3.63) is 53.6 Å². The molecular weight excluding hydrogens is 302 g/mol. The van der Waals surface area contributed by atoms with E-state index in [1.807, 2.05) is 36.4 Å². The first kappa shape index (κ1) is 12.8. The fraction of sp³-hybridized carbons (Fsp3) is 0. The van der Waals surface area contributed by atoms with Crippen molar-refractivity contribution >= 4 is 34.3 Å².